The zero-order chi connectivity index (χ0) is 38.9. The van der Waals surface area contributed by atoms with Crippen molar-refractivity contribution < 1.29 is 33.7 Å². The molecule has 1 aromatic heterocycles. The van der Waals surface area contributed by atoms with Gasteiger partial charge in [0, 0.05) is 47.7 Å². The monoisotopic (exact) mass is 768 g/mol. The van der Waals surface area contributed by atoms with Crippen molar-refractivity contribution in [3.05, 3.63) is 156 Å². The molecule has 4 atom stereocenters. The molecule has 6 aromatic rings. The Bertz CT molecular complexity index is 2170. The van der Waals surface area contributed by atoms with Crippen LogP contribution in [0.3, 0.4) is 0 Å². The highest BCUT2D eigenvalue weighted by molar-refractivity contribution is 7.99. The number of carbonyl (C=O) groups is 2. The molecule has 286 valence electrons. The number of thioether (sulfide) groups is 1. The number of benzene rings is 5. The average Bonchev–Trinajstić information content (AvgIpc) is 3.68. The number of nitrogens with one attached hydrogen (secondary N) is 1. The van der Waals surface area contributed by atoms with E-state index in [0.717, 1.165) is 56.0 Å². The molecular weight excluding hydrogens is 725 g/mol. The molecular formula is C46H44N2O7S. The molecule has 9 nitrogen and oxygen atoms in total. The van der Waals surface area contributed by atoms with Gasteiger partial charge >= 0.3 is 5.97 Å². The summed E-state index contributed by atoms with van der Waals surface area (Å²) >= 11 is 1.52. The minimum atomic E-state index is -0.908. The number of carbonyl (C=O) groups excluding carboxylic acids is 1. The molecule has 3 N–H and O–H groups in total. The lowest BCUT2D eigenvalue weighted by Gasteiger charge is -2.41. The Morgan fingerprint density at radius 2 is 1.41 bits per heavy atom. The fourth-order valence-electron chi connectivity index (χ4n) is 6.82. The lowest BCUT2D eigenvalue weighted by molar-refractivity contribution is -0.268. The second-order valence-corrected chi connectivity index (χ2v) is 14.8. The smallest absolute Gasteiger partial charge is 0.303 e. The first kappa shape index (κ1) is 38.7. The molecule has 7 rings (SSSR count). The van der Waals surface area contributed by atoms with Gasteiger partial charge in [-0.3, -0.25) is 9.59 Å². The lowest BCUT2D eigenvalue weighted by Crippen LogP contribution is -2.38. The molecule has 0 saturated carbocycles. The van der Waals surface area contributed by atoms with Crippen molar-refractivity contribution in [1.29, 1.82) is 0 Å². The van der Waals surface area contributed by atoms with E-state index < -0.39 is 12.3 Å². The maximum Gasteiger partial charge on any atom is 0.303 e. The summed E-state index contributed by atoms with van der Waals surface area (Å²) in [6.45, 7) is 2.44. The van der Waals surface area contributed by atoms with Crippen LogP contribution in [0.25, 0.3) is 33.7 Å². The molecule has 10 heteroatoms. The number of aliphatic hydroxyl groups excluding tert-OH is 1. The maximum absolute atomic E-state index is 12.3. The molecule has 2 heterocycles. The van der Waals surface area contributed by atoms with Gasteiger partial charge in [-0.25, -0.2) is 4.98 Å². The van der Waals surface area contributed by atoms with Crippen molar-refractivity contribution in [3.8, 4) is 33.7 Å². The predicted octanol–water partition coefficient (Wildman–Crippen LogP) is 9.62. The van der Waals surface area contributed by atoms with E-state index in [4.69, 9.17) is 24.0 Å². The number of oxazole rings is 1. The number of nitrogens with zero attached hydrogens (tertiary/aromatic N) is 1. The van der Waals surface area contributed by atoms with Gasteiger partial charge in [0.05, 0.1) is 18.8 Å². The topological polar surface area (TPSA) is 131 Å². The minimum absolute atomic E-state index is 0.0323. The highest BCUT2D eigenvalue weighted by atomic mass is 32.2. The van der Waals surface area contributed by atoms with Crippen LogP contribution in [-0.2, 0) is 32.2 Å². The maximum atomic E-state index is 12.3. The van der Waals surface area contributed by atoms with Crippen LogP contribution in [0.2, 0.25) is 0 Å². The number of hydrogen-bond acceptors (Lipinski definition) is 8. The summed E-state index contributed by atoms with van der Waals surface area (Å²) in [7, 11) is 0. The summed E-state index contributed by atoms with van der Waals surface area (Å²) in [5.74, 6) is 0.172. The van der Waals surface area contributed by atoms with Crippen LogP contribution in [0, 0.1) is 5.92 Å². The fourth-order valence-corrected chi connectivity index (χ4v) is 7.80. The number of carboxylic acids is 1. The van der Waals surface area contributed by atoms with Gasteiger partial charge in [-0.05, 0) is 46.4 Å². The highest BCUT2D eigenvalue weighted by Crippen LogP contribution is 2.44. The van der Waals surface area contributed by atoms with Crippen molar-refractivity contribution in [1.82, 2.24) is 10.3 Å². The largest absolute Gasteiger partial charge is 0.481 e. The van der Waals surface area contributed by atoms with E-state index in [2.05, 4.69) is 18.3 Å². The number of hydrogen-bond donors (Lipinski definition) is 3. The Balaban J connectivity index is 1.12. The van der Waals surface area contributed by atoms with Crippen LogP contribution in [0.1, 0.15) is 60.8 Å². The number of carboxylic acid groups (broad SMARTS) is 1. The lowest BCUT2D eigenvalue weighted by atomic mass is 9.91. The van der Waals surface area contributed by atoms with Crippen molar-refractivity contribution in [2.75, 3.05) is 5.75 Å². The zero-order valence-corrected chi connectivity index (χ0v) is 31.9. The number of ether oxygens (including phenoxy) is 2. The third-order valence-electron chi connectivity index (χ3n) is 9.89. The summed E-state index contributed by atoms with van der Waals surface area (Å²) in [4.78, 5) is 28.1. The molecule has 0 spiro atoms. The summed E-state index contributed by atoms with van der Waals surface area (Å²) in [6.07, 6.45) is -0.757. The van der Waals surface area contributed by atoms with Gasteiger partial charge in [0.2, 0.25) is 5.91 Å². The van der Waals surface area contributed by atoms with E-state index in [1.807, 2.05) is 127 Å². The van der Waals surface area contributed by atoms with Gasteiger partial charge in [-0.2, -0.15) is 0 Å². The van der Waals surface area contributed by atoms with Gasteiger partial charge in [0.1, 0.15) is 5.69 Å². The van der Waals surface area contributed by atoms with Crippen LogP contribution in [0.15, 0.2) is 143 Å². The third kappa shape index (κ3) is 9.64. The predicted molar refractivity (Wildman–Crippen MR) is 216 cm³/mol. The minimum Gasteiger partial charge on any atom is -0.481 e. The van der Waals surface area contributed by atoms with Gasteiger partial charge in [-0.15, -0.1) is 0 Å². The summed E-state index contributed by atoms with van der Waals surface area (Å²) < 4.78 is 20.0. The number of aliphatic carboxylic acids is 1. The van der Waals surface area contributed by atoms with Crippen LogP contribution >= 0.6 is 11.8 Å². The number of aliphatic hydroxyl groups is 1. The summed E-state index contributed by atoms with van der Waals surface area (Å²) in [5, 5.41) is 22.0. The quantitative estimate of drug-likeness (QED) is 0.0875. The molecule has 56 heavy (non-hydrogen) atoms. The van der Waals surface area contributed by atoms with Crippen molar-refractivity contribution >= 4 is 23.6 Å². The van der Waals surface area contributed by atoms with E-state index in [1.54, 1.807) is 0 Å². The molecule has 0 aliphatic carbocycles. The van der Waals surface area contributed by atoms with Gasteiger partial charge in [0.25, 0.3) is 5.22 Å². The molecule has 4 unspecified atom stereocenters. The van der Waals surface area contributed by atoms with Crippen molar-refractivity contribution in [2.45, 2.75) is 63.1 Å². The Hall–Kier alpha value is -5.52. The van der Waals surface area contributed by atoms with Gasteiger partial charge in [-0.1, -0.05) is 140 Å². The molecule has 1 fully saturated rings. The molecule has 0 radical (unpaired) electrons. The van der Waals surface area contributed by atoms with E-state index in [-0.39, 0.29) is 43.5 Å². The number of rotatable bonds is 15. The standard InChI is InChI=1S/C46H44N2O7S/c1-30-39(29-56-46-48-42(33-12-4-2-5-13-33)44(55-46)34-14-6-3-7-15-34)53-45(54-43(30)35-23-21-31(28-49)22-24-35)38-18-9-17-37(26-38)36-16-8-11-32(25-36)27-47-40(50)19-10-20-41(51)52/h2-9,11-18,21-26,30,39,43,45,49H,10,19-20,27-29H2,1H3,(H,47,50)(H,51,52). The highest BCUT2D eigenvalue weighted by Gasteiger charge is 2.39. The Kier molecular flexibility index (Phi) is 12.7. The van der Waals surface area contributed by atoms with Crippen molar-refractivity contribution in [2.24, 2.45) is 5.92 Å². The van der Waals surface area contributed by atoms with E-state index in [0.29, 0.717) is 23.9 Å². The average molecular weight is 769 g/mol. The number of amides is 1. The summed E-state index contributed by atoms with van der Waals surface area (Å²) in [6, 6.07) is 44.0. The molecule has 1 aliphatic heterocycles. The Labute approximate surface area is 330 Å². The number of aromatic nitrogens is 1. The molecule has 1 amide bonds. The molecule has 5 aromatic carbocycles. The normalized spacial score (nSPS) is 18.0. The second kappa shape index (κ2) is 18.4. The first-order valence-corrected chi connectivity index (χ1v) is 19.8. The van der Waals surface area contributed by atoms with Crippen LogP contribution < -0.4 is 5.32 Å². The Morgan fingerprint density at radius 3 is 2.12 bits per heavy atom. The van der Waals surface area contributed by atoms with Crippen LogP contribution in [0.4, 0.5) is 0 Å². The van der Waals surface area contributed by atoms with Crippen LogP contribution in [-0.4, -0.2) is 38.9 Å². The fraction of sp³-hybridized carbons (Fsp3) is 0.239. The summed E-state index contributed by atoms with van der Waals surface area (Å²) in [5.41, 5.74) is 8.30. The van der Waals surface area contributed by atoms with Gasteiger partial charge in [0.15, 0.2) is 12.1 Å². The Morgan fingerprint density at radius 1 is 0.732 bits per heavy atom. The third-order valence-corrected chi connectivity index (χ3v) is 10.8. The van der Waals surface area contributed by atoms with E-state index in [1.165, 1.54) is 11.8 Å². The second-order valence-electron chi connectivity index (χ2n) is 13.9. The SMILES string of the molecule is CC1C(CSc2nc(-c3ccccc3)c(-c3ccccc3)o2)OC(c2cccc(-c3cccc(CNC(=O)CCCC(=O)O)c3)c2)OC1c1ccc(CO)cc1. The first-order chi connectivity index (χ1) is 27.3. The molecule has 0 bridgehead atoms. The van der Waals surface area contributed by atoms with E-state index >= 15 is 0 Å². The van der Waals surface area contributed by atoms with E-state index in [9.17, 15) is 14.7 Å². The molecule has 1 saturated heterocycles. The van der Waals surface area contributed by atoms with Crippen molar-refractivity contribution in [3.63, 3.8) is 0 Å². The molecule has 1 aliphatic rings. The van der Waals surface area contributed by atoms with Crippen LogP contribution in [0.5, 0.6) is 0 Å². The zero-order valence-electron chi connectivity index (χ0n) is 31.0. The van der Waals surface area contributed by atoms with Gasteiger partial charge < -0.3 is 29.4 Å². The first-order valence-electron chi connectivity index (χ1n) is 18.8.